The Morgan fingerprint density at radius 1 is 1.15 bits per heavy atom. The summed E-state index contributed by atoms with van der Waals surface area (Å²) in [6.07, 6.45) is 1.84. The second-order valence-electron chi connectivity index (χ2n) is 2.44. The van der Waals surface area contributed by atoms with Crippen LogP contribution in [0.1, 0.15) is 0 Å². The third-order valence-electron chi connectivity index (χ3n) is 1.70. The van der Waals surface area contributed by atoms with Gasteiger partial charge in [0.15, 0.2) is 0 Å². The van der Waals surface area contributed by atoms with Crippen LogP contribution in [0.3, 0.4) is 0 Å². The summed E-state index contributed by atoms with van der Waals surface area (Å²) in [5.74, 6) is 0. The number of halogens is 3. The van der Waals surface area contributed by atoms with Gasteiger partial charge in [-0.2, -0.15) is 0 Å². The van der Waals surface area contributed by atoms with Crippen LogP contribution in [0.2, 0.25) is 0 Å². The van der Waals surface area contributed by atoms with Crippen molar-refractivity contribution in [2.24, 2.45) is 0 Å². The molecule has 0 spiro atoms. The van der Waals surface area contributed by atoms with Gasteiger partial charge in [0.05, 0.1) is 0 Å². The minimum atomic E-state index is 0. The van der Waals surface area contributed by atoms with Crippen LogP contribution in [-0.2, 0) is 0 Å². The highest BCUT2D eigenvalue weighted by molar-refractivity contribution is 14.1. The smallest absolute Gasteiger partial charge is 0.109 e. The molecule has 0 aliphatic rings. The topological polar surface area (TPSA) is 12.9 Å². The van der Waals surface area contributed by atoms with E-state index in [0.29, 0.717) is 0 Å². The van der Waals surface area contributed by atoms with Crippen molar-refractivity contribution in [2.45, 2.75) is 0 Å². The van der Waals surface area contributed by atoms with E-state index in [-0.39, 0.29) is 24.0 Å². The minimum absolute atomic E-state index is 0. The molecular formula is C9H6BrI2N. The molecule has 68 valence electrons. The third kappa shape index (κ3) is 2.33. The van der Waals surface area contributed by atoms with Gasteiger partial charge < -0.3 is 0 Å². The quantitative estimate of drug-likeness (QED) is 0.423. The molecular weight excluding hydrogens is 456 g/mol. The molecule has 0 bridgehead atoms. The molecule has 0 fully saturated rings. The molecule has 0 atom stereocenters. The van der Waals surface area contributed by atoms with E-state index in [4.69, 9.17) is 0 Å². The number of fused-ring (bicyclic) bond motifs is 1. The molecule has 1 aromatic heterocycles. The van der Waals surface area contributed by atoms with Crippen LogP contribution in [0.4, 0.5) is 0 Å². The Hall–Kier alpha value is 0.570. The van der Waals surface area contributed by atoms with E-state index in [1.807, 2.05) is 18.3 Å². The van der Waals surface area contributed by atoms with Gasteiger partial charge in [0, 0.05) is 21.4 Å². The summed E-state index contributed by atoms with van der Waals surface area (Å²) >= 11 is 5.71. The fourth-order valence-corrected chi connectivity index (χ4v) is 2.18. The minimum Gasteiger partial charge on any atom is -0.248 e. The molecule has 4 heteroatoms. The lowest BCUT2D eigenvalue weighted by atomic mass is 10.2. The van der Waals surface area contributed by atoms with Crippen LogP contribution >= 0.6 is 62.5 Å². The Morgan fingerprint density at radius 3 is 2.38 bits per heavy atom. The first-order valence-corrected chi connectivity index (χ1v) is 5.35. The molecule has 2 rings (SSSR count). The summed E-state index contributed by atoms with van der Waals surface area (Å²) in [6.45, 7) is 0. The molecule has 13 heavy (non-hydrogen) atoms. The molecule has 0 amide bonds. The average molecular weight is 462 g/mol. The highest BCUT2D eigenvalue weighted by Gasteiger charge is 2.01. The predicted octanol–water partition coefficient (Wildman–Crippen LogP) is 4.22. The summed E-state index contributed by atoms with van der Waals surface area (Å²) in [6, 6.07) is 8.22. The second kappa shape index (κ2) is 4.88. The molecule has 1 aromatic carbocycles. The highest BCUT2D eigenvalue weighted by Crippen LogP contribution is 2.25. The van der Waals surface area contributed by atoms with Crippen molar-refractivity contribution in [2.75, 3.05) is 0 Å². The lowest BCUT2D eigenvalue weighted by Gasteiger charge is -2.00. The van der Waals surface area contributed by atoms with Gasteiger partial charge in [-0.25, -0.2) is 4.98 Å². The Balaban J connectivity index is 0.000000845. The van der Waals surface area contributed by atoms with Crippen molar-refractivity contribution < 1.29 is 0 Å². The Kier molecular flexibility index (Phi) is 4.37. The van der Waals surface area contributed by atoms with Gasteiger partial charge in [-0.15, -0.1) is 24.0 Å². The van der Waals surface area contributed by atoms with Gasteiger partial charge >= 0.3 is 0 Å². The standard InChI is InChI=1S/C9H5BrIN.HI/c10-8-5-12-9(11)7-4-2-1-3-6(7)8;/h1-5H;1H. The van der Waals surface area contributed by atoms with E-state index in [1.54, 1.807) is 0 Å². The normalized spacial score (nSPS) is 9.69. The van der Waals surface area contributed by atoms with E-state index in [1.165, 1.54) is 10.8 Å². The molecule has 0 N–H and O–H groups in total. The van der Waals surface area contributed by atoms with Crippen LogP contribution in [0.25, 0.3) is 10.8 Å². The maximum absolute atomic E-state index is 4.25. The van der Waals surface area contributed by atoms with E-state index in [9.17, 15) is 0 Å². The summed E-state index contributed by atoms with van der Waals surface area (Å²) in [5, 5.41) is 2.42. The first-order valence-electron chi connectivity index (χ1n) is 3.48. The third-order valence-corrected chi connectivity index (χ3v) is 3.19. The van der Waals surface area contributed by atoms with Gasteiger partial charge in [-0.05, 0) is 38.5 Å². The lowest BCUT2D eigenvalue weighted by Crippen LogP contribution is -1.83. The van der Waals surface area contributed by atoms with E-state index in [2.05, 4.69) is 55.6 Å². The molecule has 0 saturated carbocycles. The molecule has 1 heterocycles. The van der Waals surface area contributed by atoms with Gasteiger partial charge in [0.25, 0.3) is 0 Å². The average Bonchev–Trinajstić information content (AvgIpc) is 2.12. The lowest BCUT2D eigenvalue weighted by molar-refractivity contribution is 1.30. The van der Waals surface area contributed by atoms with Crippen molar-refractivity contribution in [1.29, 1.82) is 0 Å². The van der Waals surface area contributed by atoms with E-state index >= 15 is 0 Å². The maximum Gasteiger partial charge on any atom is 0.109 e. The maximum atomic E-state index is 4.25. The Bertz CT molecular complexity index is 390. The zero-order valence-corrected chi connectivity index (χ0v) is 12.6. The van der Waals surface area contributed by atoms with Crippen LogP contribution in [0.15, 0.2) is 34.9 Å². The van der Waals surface area contributed by atoms with Gasteiger partial charge in [0.1, 0.15) is 3.70 Å². The largest absolute Gasteiger partial charge is 0.248 e. The fraction of sp³-hybridized carbons (Fsp3) is 0. The SMILES string of the molecule is Brc1cnc(I)c2ccccc12.I. The zero-order valence-electron chi connectivity index (χ0n) is 6.50. The first kappa shape index (κ1) is 11.6. The van der Waals surface area contributed by atoms with Crippen LogP contribution < -0.4 is 0 Å². The number of rotatable bonds is 0. The summed E-state index contributed by atoms with van der Waals surface area (Å²) in [5.41, 5.74) is 0. The highest BCUT2D eigenvalue weighted by atomic mass is 127. The molecule has 0 saturated heterocycles. The summed E-state index contributed by atoms with van der Waals surface area (Å²) in [7, 11) is 0. The second-order valence-corrected chi connectivity index (χ2v) is 4.32. The van der Waals surface area contributed by atoms with Crippen molar-refractivity contribution in [3.8, 4) is 0 Å². The van der Waals surface area contributed by atoms with Crippen LogP contribution in [0, 0.1) is 3.70 Å². The van der Waals surface area contributed by atoms with Crippen LogP contribution in [0.5, 0.6) is 0 Å². The van der Waals surface area contributed by atoms with Gasteiger partial charge in [-0.3, -0.25) is 0 Å². The van der Waals surface area contributed by atoms with Crippen molar-refractivity contribution in [1.82, 2.24) is 4.98 Å². The predicted molar refractivity (Wildman–Crippen MR) is 77.6 cm³/mol. The molecule has 0 aliphatic heterocycles. The number of pyridine rings is 1. The number of hydrogen-bond acceptors (Lipinski definition) is 1. The Morgan fingerprint density at radius 2 is 1.77 bits per heavy atom. The van der Waals surface area contributed by atoms with E-state index in [0.717, 1.165) is 8.17 Å². The molecule has 0 aliphatic carbocycles. The van der Waals surface area contributed by atoms with Crippen molar-refractivity contribution in [3.05, 3.63) is 38.6 Å². The number of nitrogens with zero attached hydrogens (tertiary/aromatic N) is 1. The molecule has 1 nitrogen and oxygen atoms in total. The number of benzene rings is 1. The van der Waals surface area contributed by atoms with Gasteiger partial charge in [-0.1, -0.05) is 24.3 Å². The van der Waals surface area contributed by atoms with Gasteiger partial charge in [0.2, 0.25) is 0 Å². The summed E-state index contributed by atoms with van der Waals surface area (Å²) in [4.78, 5) is 4.25. The monoisotopic (exact) mass is 461 g/mol. The molecule has 0 unspecified atom stereocenters. The zero-order chi connectivity index (χ0) is 8.55. The molecule has 2 aromatic rings. The van der Waals surface area contributed by atoms with Crippen LogP contribution in [-0.4, -0.2) is 4.98 Å². The number of aromatic nitrogens is 1. The number of hydrogen-bond donors (Lipinski definition) is 0. The molecule has 0 radical (unpaired) electrons. The summed E-state index contributed by atoms with van der Waals surface area (Å²) < 4.78 is 2.10. The Labute approximate surface area is 116 Å². The fourth-order valence-electron chi connectivity index (χ4n) is 1.12. The van der Waals surface area contributed by atoms with Crippen molar-refractivity contribution in [3.63, 3.8) is 0 Å². The van der Waals surface area contributed by atoms with Crippen molar-refractivity contribution >= 4 is 73.3 Å². The first-order chi connectivity index (χ1) is 5.79. The van der Waals surface area contributed by atoms with E-state index < -0.39 is 0 Å².